The summed E-state index contributed by atoms with van der Waals surface area (Å²) in [6, 6.07) is 16.4. The summed E-state index contributed by atoms with van der Waals surface area (Å²) in [4.78, 5) is 17.4. The molecule has 0 atom stereocenters. The van der Waals surface area contributed by atoms with Gasteiger partial charge in [-0.1, -0.05) is 6.07 Å². The number of amides is 1. The van der Waals surface area contributed by atoms with E-state index in [-0.39, 0.29) is 5.91 Å². The number of nitrogens with one attached hydrogen (secondary N) is 1. The Kier molecular flexibility index (Phi) is 5.99. The third-order valence-corrected chi connectivity index (χ3v) is 5.31. The van der Waals surface area contributed by atoms with Crippen molar-refractivity contribution in [3.05, 3.63) is 63.7 Å². The van der Waals surface area contributed by atoms with Gasteiger partial charge in [0.05, 0.1) is 21.3 Å². The molecule has 1 amide bonds. The van der Waals surface area contributed by atoms with Gasteiger partial charge in [0.15, 0.2) is 17.1 Å². The largest absolute Gasteiger partial charge is 0.493 e. The molecule has 0 radical (unpaired) electrons. The number of aromatic nitrogens is 1. The third-order valence-electron chi connectivity index (χ3n) is 4.64. The molecule has 0 spiro atoms. The predicted octanol–water partition coefficient (Wildman–Crippen LogP) is 5.38. The average molecular weight is 530 g/mol. The zero-order chi connectivity index (χ0) is 22.0. The highest BCUT2D eigenvalue weighted by molar-refractivity contribution is 14.1. The lowest BCUT2D eigenvalue weighted by atomic mass is 10.1. The van der Waals surface area contributed by atoms with Crippen molar-refractivity contribution in [3.63, 3.8) is 0 Å². The van der Waals surface area contributed by atoms with Crippen LogP contribution in [-0.4, -0.2) is 32.2 Å². The van der Waals surface area contributed by atoms with E-state index in [2.05, 4.69) is 32.9 Å². The second kappa shape index (κ2) is 8.84. The zero-order valence-corrected chi connectivity index (χ0v) is 19.2. The number of hydrogen-bond acceptors (Lipinski definition) is 6. The van der Waals surface area contributed by atoms with Gasteiger partial charge in [-0.05, 0) is 71.1 Å². The van der Waals surface area contributed by atoms with Gasteiger partial charge >= 0.3 is 0 Å². The second-order valence-electron chi connectivity index (χ2n) is 6.58. The predicted molar refractivity (Wildman–Crippen MR) is 126 cm³/mol. The topological polar surface area (TPSA) is 82.8 Å². The molecule has 4 aromatic rings. The van der Waals surface area contributed by atoms with Crippen molar-refractivity contribution in [2.24, 2.45) is 0 Å². The molecule has 1 heterocycles. The summed E-state index contributed by atoms with van der Waals surface area (Å²) in [5.41, 5.74) is 3.14. The molecule has 0 aliphatic heterocycles. The first-order chi connectivity index (χ1) is 15.0. The smallest absolute Gasteiger partial charge is 0.255 e. The molecule has 8 heteroatoms. The number of halogens is 1. The normalized spacial score (nSPS) is 10.7. The van der Waals surface area contributed by atoms with Crippen LogP contribution in [-0.2, 0) is 0 Å². The molecule has 4 rings (SSSR count). The molecule has 3 aromatic carbocycles. The van der Waals surface area contributed by atoms with E-state index in [1.807, 2.05) is 24.3 Å². The molecule has 0 bridgehead atoms. The van der Waals surface area contributed by atoms with E-state index in [9.17, 15) is 4.79 Å². The van der Waals surface area contributed by atoms with Crippen molar-refractivity contribution in [1.29, 1.82) is 0 Å². The molecule has 0 saturated heterocycles. The number of carbonyl (C=O) groups excluding carboxylic acids is 1. The Morgan fingerprint density at radius 1 is 0.968 bits per heavy atom. The summed E-state index contributed by atoms with van der Waals surface area (Å²) in [5.74, 6) is 1.44. The summed E-state index contributed by atoms with van der Waals surface area (Å²) in [6.07, 6.45) is 0. The van der Waals surface area contributed by atoms with Crippen molar-refractivity contribution in [2.45, 2.75) is 0 Å². The maximum atomic E-state index is 12.8. The van der Waals surface area contributed by atoms with Gasteiger partial charge in [0.25, 0.3) is 5.91 Å². The Bertz CT molecular complexity index is 1240. The van der Waals surface area contributed by atoms with Crippen LogP contribution in [0.2, 0.25) is 0 Å². The quantitative estimate of drug-likeness (QED) is 0.338. The number of oxazole rings is 1. The van der Waals surface area contributed by atoms with Crippen LogP contribution in [0.15, 0.2) is 59.0 Å². The molecule has 0 aliphatic rings. The van der Waals surface area contributed by atoms with Gasteiger partial charge in [-0.25, -0.2) is 4.98 Å². The number of nitrogens with zero attached hydrogens (tertiary/aromatic N) is 1. The zero-order valence-electron chi connectivity index (χ0n) is 17.1. The van der Waals surface area contributed by atoms with Gasteiger partial charge in [-0.3, -0.25) is 4.79 Å². The minimum Gasteiger partial charge on any atom is -0.493 e. The lowest BCUT2D eigenvalue weighted by Gasteiger charge is -2.14. The van der Waals surface area contributed by atoms with Gasteiger partial charge in [0.2, 0.25) is 11.6 Å². The first kappa shape index (κ1) is 21.0. The van der Waals surface area contributed by atoms with Crippen LogP contribution >= 0.6 is 22.6 Å². The maximum Gasteiger partial charge on any atom is 0.255 e. The molecule has 1 N–H and O–H groups in total. The van der Waals surface area contributed by atoms with Crippen LogP contribution in [0.4, 0.5) is 5.69 Å². The standard InChI is InChI=1S/C23H19IN2O5/c1-28-19-10-14(11-20(29-2)21(19)30-3)22(27)25-16-7-8-18-17(12-16)26-23(31-18)13-5-4-6-15(24)9-13/h4-12H,1-3H3,(H,25,27). The third kappa shape index (κ3) is 4.29. The number of fused-ring (bicyclic) bond motifs is 1. The lowest BCUT2D eigenvalue weighted by Crippen LogP contribution is -2.12. The molecule has 7 nitrogen and oxygen atoms in total. The SMILES string of the molecule is COc1cc(C(=O)Nc2ccc3oc(-c4cccc(I)c4)nc3c2)cc(OC)c1OC. The fraction of sp³-hybridized carbons (Fsp3) is 0.130. The highest BCUT2D eigenvalue weighted by Crippen LogP contribution is 2.38. The van der Waals surface area contributed by atoms with E-state index in [0.29, 0.717) is 45.5 Å². The number of rotatable bonds is 6. The van der Waals surface area contributed by atoms with Crippen molar-refractivity contribution >= 4 is 45.3 Å². The van der Waals surface area contributed by atoms with E-state index >= 15 is 0 Å². The highest BCUT2D eigenvalue weighted by atomic mass is 127. The van der Waals surface area contributed by atoms with E-state index < -0.39 is 0 Å². The van der Waals surface area contributed by atoms with Crippen LogP contribution in [0.1, 0.15) is 10.4 Å². The molecule has 0 aliphatic carbocycles. The highest BCUT2D eigenvalue weighted by Gasteiger charge is 2.17. The fourth-order valence-electron chi connectivity index (χ4n) is 3.17. The number of methoxy groups -OCH3 is 3. The Morgan fingerprint density at radius 3 is 2.35 bits per heavy atom. The first-order valence-corrected chi connectivity index (χ1v) is 10.4. The number of anilines is 1. The van der Waals surface area contributed by atoms with E-state index in [4.69, 9.17) is 18.6 Å². The molecule has 158 valence electrons. The van der Waals surface area contributed by atoms with Crippen LogP contribution in [0.5, 0.6) is 17.2 Å². The van der Waals surface area contributed by atoms with E-state index in [1.165, 1.54) is 21.3 Å². The summed E-state index contributed by atoms with van der Waals surface area (Å²) in [6.45, 7) is 0. The van der Waals surface area contributed by atoms with Crippen LogP contribution in [0, 0.1) is 3.57 Å². The van der Waals surface area contributed by atoms with Crippen molar-refractivity contribution in [2.75, 3.05) is 26.6 Å². The summed E-state index contributed by atoms with van der Waals surface area (Å²) >= 11 is 2.25. The van der Waals surface area contributed by atoms with Crippen molar-refractivity contribution < 1.29 is 23.4 Å². The molecule has 0 unspecified atom stereocenters. The first-order valence-electron chi connectivity index (χ1n) is 9.30. The van der Waals surface area contributed by atoms with E-state index in [1.54, 1.807) is 30.3 Å². The fourth-order valence-corrected chi connectivity index (χ4v) is 3.71. The number of benzene rings is 3. The molecule has 0 saturated carbocycles. The Morgan fingerprint density at radius 2 is 1.71 bits per heavy atom. The monoisotopic (exact) mass is 530 g/mol. The van der Waals surface area contributed by atoms with E-state index in [0.717, 1.165) is 9.13 Å². The molecular weight excluding hydrogens is 511 g/mol. The number of carbonyl (C=O) groups is 1. The molecular formula is C23H19IN2O5. The minimum atomic E-state index is -0.320. The van der Waals surface area contributed by atoms with Crippen LogP contribution < -0.4 is 19.5 Å². The van der Waals surface area contributed by atoms with Gasteiger partial charge in [0.1, 0.15) is 5.52 Å². The van der Waals surface area contributed by atoms with Crippen LogP contribution in [0.3, 0.4) is 0 Å². The van der Waals surface area contributed by atoms with Gasteiger partial charge in [-0.15, -0.1) is 0 Å². The molecule has 1 aromatic heterocycles. The lowest BCUT2D eigenvalue weighted by molar-refractivity contribution is 0.102. The Balaban J connectivity index is 1.62. The van der Waals surface area contributed by atoms with Gasteiger partial charge in [0, 0.05) is 20.4 Å². The summed E-state index contributed by atoms with van der Waals surface area (Å²) in [7, 11) is 4.52. The summed E-state index contributed by atoms with van der Waals surface area (Å²) in [5, 5.41) is 2.87. The van der Waals surface area contributed by atoms with Crippen molar-refractivity contribution in [3.8, 4) is 28.7 Å². The average Bonchev–Trinajstić information content (AvgIpc) is 3.21. The Labute approximate surface area is 192 Å². The van der Waals surface area contributed by atoms with Crippen LogP contribution in [0.25, 0.3) is 22.6 Å². The number of hydrogen-bond donors (Lipinski definition) is 1. The Hall–Kier alpha value is -3.27. The van der Waals surface area contributed by atoms with Gasteiger partial charge < -0.3 is 23.9 Å². The minimum absolute atomic E-state index is 0.320. The maximum absolute atomic E-state index is 12.8. The van der Waals surface area contributed by atoms with Crippen molar-refractivity contribution in [1.82, 2.24) is 4.98 Å². The van der Waals surface area contributed by atoms with Gasteiger partial charge in [-0.2, -0.15) is 0 Å². The second-order valence-corrected chi connectivity index (χ2v) is 7.83. The molecule has 0 fully saturated rings. The molecule has 31 heavy (non-hydrogen) atoms. The number of ether oxygens (including phenoxy) is 3. The summed E-state index contributed by atoms with van der Waals surface area (Å²) < 4.78 is 22.9.